The van der Waals surface area contributed by atoms with Crippen LogP contribution in [0.4, 0.5) is 11.4 Å². The van der Waals surface area contributed by atoms with Gasteiger partial charge >= 0.3 is 0 Å². The van der Waals surface area contributed by atoms with Crippen molar-refractivity contribution >= 4 is 23.2 Å². The third-order valence-electron chi connectivity index (χ3n) is 3.29. The summed E-state index contributed by atoms with van der Waals surface area (Å²) in [6.45, 7) is 4.49. The first-order valence-corrected chi connectivity index (χ1v) is 6.47. The summed E-state index contributed by atoms with van der Waals surface area (Å²) in [5.74, 6) is 0.114. The molecular weight excluding hydrogens is 242 g/mol. The van der Waals surface area contributed by atoms with Gasteiger partial charge in [-0.2, -0.15) is 0 Å². The number of hydrogen-bond acceptors (Lipinski definition) is 3. The number of hydrogen-bond donors (Lipinski definition) is 2. The van der Waals surface area contributed by atoms with E-state index >= 15 is 0 Å². The number of carbonyl (C=O) groups excluding carboxylic acids is 2. The molecule has 0 aliphatic carbocycles. The summed E-state index contributed by atoms with van der Waals surface area (Å²) in [7, 11) is 0. The molecule has 102 valence electrons. The Balaban J connectivity index is 2.49. The SMILES string of the molecule is CC(C)c1ccc2c(c1)N(C(=O)CN)CCC(=O)N2. The lowest BCUT2D eigenvalue weighted by Crippen LogP contribution is -2.36. The number of fused-ring (bicyclic) bond motifs is 1. The molecule has 5 nitrogen and oxygen atoms in total. The molecule has 5 heteroatoms. The van der Waals surface area contributed by atoms with E-state index in [1.165, 1.54) is 0 Å². The van der Waals surface area contributed by atoms with Crippen molar-refractivity contribution in [1.82, 2.24) is 0 Å². The number of carbonyl (C=O) groups is 2. The summed E-state index contributed by atoms with van der Waals surface area (Å²) in [5, 5.41) is 2.82. The largest absolute Gasteiger partial charge is 0.324 e. The molecule has 0 bridgehead atoms. The maximum absolute atomic E-state index is 11.9. The van der Waals surface area contributed by atoms with Crippen LogP contribution in [0.5, 0.6) is 0 Å². The van der Waals surface area contributed by atoms with Crippen molar-refractivity contribution < 1.29 is 9.59 Å². The predicted molar refractivity (Wildman–Crippen MR) is 75.2 cm³/mol. The van der Waals surface area contributed by atoms with E-state index < -0.39 is 0 Å². The zero-order valence-corrected chi connectivity index (χ0v) is 11.3. The van der Waals surface area contributed by atoms with E-state index in [2.05, 4.69) is 19.2 Å². The van der Waals surface area contributed by atoms with Gasteiger partial charge in [0.1, 0.15) is 0 Å². The first-order valence-electron chi connectivity index (χ1n) is 6.47. The third kappa shape index (κ3) is 2.76. The fraction of sp³-hybridized carbons (Fsp3) is 0.429. The zero-order valence-electron chi connectivity index (χ0n) is 11.3. The number of rotatable bonds is 2. The van der Waals surface area contributed by atoms with Gasteiger partial charge in [0.25, 0.3) is 0 Å². The summed E-state index contributed by atoms with van der Waals surface area (Å²) in [6, 6.07) is 5.78. The summed E-state index contributed by atoms with van der Waals surface area (Å²) in [5.41, 5.74) is 7.99. The van der Waals surface area contributed by atoms with E-state index in [0.29, 0.717) is 18.2 Å². The topological polar surface area (TPSA) is 75.4 Å². The van der Waals surface area contributed by atoms with Crippen LogP contribution < -0.4 is 16.0 Å². The van der Waals surface area contributed by atoms with Crippen molar-refractivity contribution in [2.24, 2.45) is 5.73 Å². The number of nitrogens with zero attached hydrogens (tertiary/aromatic N) is 1. The molecule has 1 heterocycles. The van der Waals surface area contributed by atoms with E-state index in [1.54, 1.807) is 4.90 Å². The average Bonchev–Trinajstić information content (AvgIpc) is 2.55. The summed E-state index contributed by atoms with van der Waals surface area (Å²) < 4.78 is 0. The second-order valence-electron chi connectivity index (χ2n) is 4.98. The fourth-order valence-electron chi connectivity index (χ4n) is 2.15. The van der Waals surface area contributed by atoms with Crippen LogP contribution in [0.3, 0.4) is 0 Å². The van der Waals surface area contributed by atoms with Gasteiger partial charge in [-0.3, -0.25) is 9.59 Å². The Morgan fingerprint density at radius 1 is 1.47 bits per heavy atom. The van der Waals surface area contributed by atoms with E-state index in [4.69, 9.17) is 5.73 Å². The van der Waals surface area contributed by atoms with E-state index in [1.807, 2.05) is 18.2 Å². The van der Waals surface area contributed by atoms with E-state index in [9.17, 15) is 9.59 Å². The van der Waals surface area contributed by atoms with Crippen LogP contribution in [0, 0.1) is 0 Å². The first kappa shape index (κ1) is 13.5. The van der Waals surface area contributed by atoms with Gasteiger partial charge in [-0.15, -0.1) is 0 Å². The molecule has 1 aliphatic rings. The monoisotopic (exact) mass is 261 g/mol. The quantitative estimate of drug-likeness (QED) is 0.846. The number of nitrogens with two attached hydrogens (primary N) is 1. The standard InChI is InChI=1S/C14H19N3O2/c1-9(2)10-3-4-11-12(7-10)17(14(19)8-15)6-5-13(18)16-11/h3-4,7,9H,5-6,8,15H2,1-2H3,(H,16,18). The molecular formula is C14H19N3O2. The average molecular weight is 261 g/mol. The Hall–Kier alpha value is -1.88. The van der Waals surface area contributed by atoms with Crippen LogP contribution in [0.1, 0.15) is 31.7 Å². The molecule has 0 saturated heterocycles. The second-order valence-corrected chi connectivity index (χ2v) is 4.98. The molecule has 0 spiro atoms. The van der Waals surface area contributed by atoms with Crippen molar-refractivity contribution in [3.8, 4) is 0 Å². The number of amides is 2. The highest BCUT2D eigenvalue weighted by atomic mass is 16.2. The molecule has 0 radical (unpaired) electrons. The van der Waals surface area contributed by atoms with Gasteiger partial charge in [-0.1, -0.05) is 19.9 Å². The molecule has 3 N–H and O–H groups in total. The normalized spacial score (nSPS) is 14.9. The maximum Gasteiger partial charge on any atom is 0.240 e. The minimum Gasteiger partial charge on any atom is -0.324 e. The molecule has 0 unspecified atom stereocenters. The van der Waals surface area contributed by atoms with Gasteiger partial charge in [0.05, 0.1) is 17.9 Å². The second kappa shape index (κ2) is 5.40. The van der Waals surface area contributed by atoms with Crippen molar-refractivity contribution in [2.45, 2.75) is 26.2 Å². The van der Waals surface area contributed by atoms with Gasteiger partial charge in [0, 0.05) is 13.0 Å². The Labute approximate surface area is 112 Å². The highest BCUT2D eigenvalue weighted by Gasteiger charge is 2.23. The van der Waals surface area contributed by atoms with Gasteiger partial charge in [-0.05, 0) is 23.6 Å². The Morgan fingerprint density at radius 3 is 2.84 bits per heavy atom. The van der Waals surface area contributed by atoms with Crippen LogP contribution in [0.15, 0.2) is 18.2 Å². The summed E-state index contributed by atoms with van der Waals surface area (Å²) in [6.07, 6.45) is 0.289. The van der Waals surface area contributed by atoms with Gasteiger partial charge in [-0.25, -0.2) is 0 Å². The van der Waals surface area contributed by atoms with E-state index in [0.717, 1.165) is 11.3 Å². The van der Waals surface area contributed by atoms with Crippen LogP contribution in [0.25, 0.3) is 0 Å². The van der Waals surface area contributed by atoms with Crippen LogP contribution in [0.2, 0.25) is 0 Å². The molecule has 19 heavy (non-hydrogen) atoms. The van der Waals surface area contributed by atoms with Gasteiger partial charge < -0.3 is 16.0 Å². The highest BCUT2D eigenvalue weighted by Crippen LogP contribution is 2.32. The summed E-state index contributed by atoms with van der Waals surface area (Å²) >= 11 is 0. The molecule has 2 amide bonds. The lowest BCUT2D eigenvalue weighted by Gasteiger charge is -2.22. The van der Waals surface area contributed by atoms with Crippen molar-refractivity contribution in [2.75, 3.05) is 23.3 Å². The summed E-state index contributed by atoms with van der Waals surface area (Å²) in [4.78, 5) is 25.2. The minimum absolute atomic E-state index is 0.0560. The molecule has 0 fully saturated rings. The van der Waals surface area contributed by atoms with E-state index in [-0.39, 0.29) is 24.8 Å². The van der Waals surface area contributed by atoms with Crippen molar-refractivity contribution in [3.63, 3.8) is 0 Å². The smallest absolute Gasteiger partial charge is 0.240 e. The lowest BCUT2D eigenvalue weighted by molar-refractivity contribution is -0.117. The zero-order chi connectivity index (χ0) is 14.0. The molecule has 1 aromatic carbocycles. The number of benzene rings is 1. The highest BCUT2D eigenvalue weighted by molar-refractivity contribution is 6.04. The molecule has 1 aliphatic heterocycles. The molecule has 0 atom stereocenters. The fourth-order valence-corrected chi connectivity index (χ4v) is 2.15. The van der Waals surface area contributed by atoms with Crippen LogP contribution in [-0.2, 0) is 9.59 Å². The number of nitrogens with one attached hydrogen (secondary N) is 1. The molecule has 1 aromatic rings. The Bertz CT molecular complexity index is 511. The molecule has 2 rings (SSSR count). The Morgan fingerprint density at radius 2 is 2.21 bits per heavy atom. The van der Waals surface area contributed by atoms with Crippen molar-refractivity contribution in [3.05, 3.63) is 23.8 Å². The van der Waals surface area contributed by atoms with Crippen LogP contribution >= 0.6 is 0 Å². The van der Waals surface area contributed by atoms with Gasteiger partial charge in [0.2, 0.25) is 11.8 Å². The maximum atomic E-state index is 11.9. The molecule has 0 aromatic heterocycles. The third-order valence-corrected chi connectivity index (χ3v) is 3.29. The first-order chi connectivity index (χ1) is 9.02. The Kier molecular flexibility index (Phi) is 3.85. The number of anilines is 2. The minimum atomic E-state index is -0.168. The van der Waals surface area contributed by atoms with Gasteiger partial charge in [0.15, 0.2) is 0 Å². The lowest BCUT2D eigenvalue weighted by atomic mass is 10.0. The van der Waals surface area contributed by atoms with Crippen LogP contribution in [-0.4, -0.2) is 24.9 Å². The predicted octanol–water partition coefficient (Wildman–Crippen LogP) is 1.44. The molecule has 0 saturated carbocycles. The van der Waals surface area contributed by atoms with Crippen molar-refractivity contribution in [1.29, 1.82) is 0 Å².